The van der Waals surface area contributed by atoms with E-state index in [4.69, 9.17) is 14.5 Å². The van der Waals surface area contributed by atoms with Gasteiger partial charge >= 0.3 is 5.97 Å². The maximum Gasteiger partial charge on any atom is 0.345 e. The fourth-order valence-corrected chi connectivity index (χ4v) is 11.3. The maximum atomic E-state index is 14.4. The number of pyridine rings is 1. The van der Waals surface area contributed by atoms with Crippen LogP contribution in [0.1, 0.15) is 130 Å². The summed E-state index contributed by atoms with van der Waals surface area (Å²) in [5.74, 6) is 2.43. The van der Waals surface area contributed by atoms with Gasteiger partial charge in [-0.2, -0.15) is 0 Å². The fourth-order valence-electron chi connectivity index (χ4n) is 10.2. The minimum absolute atomic E-state index is 0.257. The van der Waals surface area contributed by atoms with Crippen LogP contribution in [-0.2, 0) is 16.1 Å². The first kappa shape index (κ1) is 38.8. The molecule has 3 unspecified atom stereocenters. The summed E-state index contributed by atoms with van der Waals surface area (Å²) in [7, 11) is 1.67. The minimum Gasteiger partial charge on any atom is -0.497 e. The number of methoxy groups -OCH3 is 1. The average Bonchev–Trinajstić information content (AvgIpc) is 3.76. The third-order valence-electron chi connectivity index (χ3n) is 13.1. The monoisotopic (exact) mass is 774 g/mol. The molecule has 0 radical (unpaired) electrons. The van der Waals surface area contributed by atoms with E-state index in [0.717, 1.165) is 100 Å². The summed E-state index contributed by atoms with van der Waals surface area (Å²) in [6, 6.07) is 20.5. The Morgan fingerprint density at radius 2 is 1.50 bits per heavy atom. The zero-order chi connectivity index (χ0) is 38.4. The molecule has 8 rings (SSSR count). The second-order valence-corrected chi connectivity index (χ2v) is 18.0. The number of aromatic nitrogens is 2. The van der Waals surface area contributed by atoms with Gasteiger partial charge in [0, 0.05) is 30.6 Å². The van der Waals surface area contributed by atoms with Gasteiger partial charge in [-0.15, -0.1) is 11.3 Å². The van der Waals surface area contributed by atoms with E-state index in [0.29, 0.717) is 23.1 Å². The van der Waals surface area contributed by atoms with E-state index in [-0.39, 0.29) is 12.3 Å². The third-order valence-corrected chi connectivity index (χ3v) is 14.3. The zero-order valence-corrected chi connectivity index (χ0v) is 33.9. The second kappa shape index (κ2) is 18.1. The number of ketones is 1. The van der Waals surface area contributed by atoms with Gasteiger partial charge in [-0.05, 0) is 122 Å². The number of aromatic carboxylic acids is 1. The molecule has 3 atom stereocenters. The van der Waals surface area contributed by atoms with Crippen LogP contribution in [0.4, 0.5) is 0 Å². The molecule has 0 amide bonds. The molecule has 5 aromatic rings. The molecule has 2 saturated carbocycles. The quantitative estimate of drug-likeness (QED) is 0.144. The van der Waals surface area contributed by atoms with E-state index in [1.54, 1.807) is 7.11 Å². The smallest absolute Gasteiger partial charge is 0.345 e. The lowest BCUT2D eigenvalue weighted by Crippen LogP contribution is -2.19. The molecule has 3 fully saturated rings. The molecule has 0 bridgehead atoms. The SMILES string of the molecule is COc1ccc(-c2ccc3cc(-c4c(C5CCCCC5)c5sc(C(=O)O)cc5n4CC(=O)CC4CCCCC(CC5CCCCOCC5)CC4)ccc3n2)cc1. The Morgan fingerprint density at radius 3 is 2.29 bits per heavy atom. The van der Waals surface area contributed by atoms with Crippen molar-refractivity contribution in [2.24, 2.45) is 17.8 Å². The Balaban J connectivity index is 1.09. The van der Waals surface area contributed by atoms with Crippen molar-refractivity contribution in [3.8, 4) is 28.3 Å². The van der Waals surface area contributed by atoms with Crippen LogP contribution in [0, 0.1) is 17.8 Å². The Morgan fingerprint density at radius 1 is 0.786 bits per heavy atom. The van der Waals surface area contributed by atoms with E-state index < -0.39 is 5.97 Å². The van der Waals surface area contributed by atoms with Crippen LogP contribution in [-0.4, -0.2) is 46.7 Å². The molecule has 1 saturated heterocycles. The molecule has 7 nitrogen and oxygen atoms in total. The highest BCUT2D eigenvalue weighted by atomic mass is 32.1. The summed E-state index contributed by atoms with van der Waals surface area (Å²) in [6.45, 7) is 2.10. The molecule has 296 valence electrons. The number of thiophene rings is 1. The van der Waals surface area contributed by atoms with Gasteiger partial charge in [0.1, 0.15) is 10.6 Å². The molecule has 56 heavy (non-hydrogen) atoms. The van der Waals surface area contributed by atoms with Crippen LogP contribution in [0.2, 0.25) is 0 Å². The predicted octanol–water partition coefficient (Wildman–Crippen LogP) is 12.5. The maximum absolute atomic E-state index is 14.4. The number of Topliss-reactive ketones (excluding diaryl/α,β-unsaturated/α-hetero) is 1. The number of ether oxygens (including phenoxy) is 2. The minimum atomic E-state index is -0.902. The van der Waals surface area contributed by atoms with E-state index in [1.165, 1.54) is 94.0 Å². The van der Waals surface area contributed by atoms with Crippen LogP contribution >= 0.6 is 11.3 Å². The lowest BCUT2D eigenvalue weighted by molar-refractivity contribution is -0.120. The van der Waals surface area contributed by atoms with Crippen molar-refractivity contribution in [3.63, 3.8) is 0 Å². The summed E-state index contributed by atoms with van der Waals surface area (Å²) in [4.78, 5) is 32.1. The Hall–Kier alpha value is -4.01. The highest BCUT2D eigenvalue weighted by Gasteiger charge is 2.31. The number of carboxylic acids is 1. The van der Waals surface area contributed by atoms with Crippen molar-refractivity contribution in [1.29, 1.82) is 0 Å². The lowest BCUT2D eigenvalue weighted by Gasteiger charge is -2.29. The molecule has 0 spiro atoms. The zero-order valence-electron chi connectivity index (χ0n) is 33.1. The van der Waals surface area contributed by atoms with Gasteiger partial charge in [0.2, 0.25) is 0 Å². The summed E-state index contributed by atoms with van der Waals surface area (Å²) in [6.07, 6.45) is 19.9. The van der Waals surface area contributed by atoms with Crippen molar-refractivity contribution in [1.82, 2.24) is 9.55 Å². The number of fused-ring (bicyclic) bond motifs is 2. The average molecular weight is 775 g/mol. The highest BCUT2D eigenvalue weighted by Crippen LogP contribution is 2.47. The molecule has 2 aliphatic carbocycles. The number of rotatable bonds is 11. The van der Waals surface area contributed by atoms with Crippen LogP contribution in [0.3, 0.4) is 0 Å². The van der Waals surface area contributed by atoms with Gasteiger partial charge in [0.15, 0.2) is 5.78 Å². The van der Waals surface area contributed by atoms with Crippen LogP contribution in [0.15, 0.2) is 60.7 Å². The van der Waals surface area contributed by atoms with Gasteiger partial charge in [0.05, 0.1) is 40.8 Å². The number of nitrogens with zero attached hydrogens (tertiary/aromatic N) is 2. The molecule has 3 aromatic heterocycles. The number of carbonyl (C=O) groups is 2. The normalized spacial score (nSPS) is 21.6. The molecule has 1 N–H and O–H groups in total. The molecule has 3 aliphatic rings. The fraction of sp³-hybridized carbons (Fsp3) is 0.521. The first-order valence-corrected chi connectivity index (χ1v) is 22.3. The molecule has 8 heteroatoms. The highest BCUT2D eigenvalue weighted by molar-refractivity contribution is 7.21. The van der Waals surface area contributed by atoms with Gasteiger partial charge < -0.3 is 19.1 Å². The van der Waals surface area contributed by atoms with Crippen LogP contribution in [0.5, 0.6) is 5.75 Å². The van der Waals surface area contributed by atoms with Gasteiger partial charge in [0.25, 0.3) is 0 Å². The summed E-state index contributed by atoms with van der Waals surface area (Å²) in [5, 5.41) is 11.2. The third kappa shape index (κ3) is 8.92. The van der Waals surface area contributed by atoms with Gasteiger partial charge in [-0.1, -0.05) is 76.3 Å². The number of hydrogen-bond acceptors (Lipinski definition) is 6. The second-order valence-electron chi connectivity index (χ2n) is 17.0. The van der Waals surface area contributed by atoms with Crippen molar-refractivity contribution in [3.05, 3.63) is 71.1 Å². The molecule has 2 aromatic carbocycles. The molecular weight excluding hydrogens is 717 g/mol. The molecule has 4 heterocycles. The molecular formula is C48H58N2O5S. The standard InChI is InChI=1S/C48H58N2O5S/c1-54-40-20-16-35(17-21-40)41-22-18-37-29-38(19-23-42(37)49-41)46-45(36-12-3-2-4-13-36)47-43(30-44(56-47)48(52)53)50(46)31-39(51)28-33-10-6-5-9-32(14-15-33)27-34-11-7-8-25-55-26-24-34/h16-23,29-30,32-34,36H,2-15,24-28,31H2,1H3,(H,52,53). The Kier molecular flexibility index (Phi) is 12.5. The number of carboxylic acid groups (broad SMARTS) is 1. The van der Waals surface area contributed by atoms with Gasteiger partial charge in [-0.3, -0.25) is 4.79 Å². The van der Waals surface area contributed by atoms with Crippen molar-refractivity contribution < 1.29 is 24.2 Å². The number of hydrogen-bond donors (Lipinski definition) is 1. The first-order valence-electron chi connectivity index (χ1n) is 21.5. The van der Waals surface area contributed by atoms with E-state index in [1.807, 2.05) is 30.3 Å². The van der Waals surface area contributed by atoms with Gasteiger partial charge in [-0.25, -0.2) is 9.78 Å². The number of benzene rings is 2. The number of carbonyl (C=O) groups excluding carboxylic acids is 1. The summed E-state index contributed by atoms with van der Waals surface area (Å²) < 4.78 is 14.4. The van der Waals surface area contributed by atoms with E-state index >= 15 is 0 Å². The van der Waals surface area contributed by atoms with Crippen molar-refractivity contribution in [2.45, 2.75) is 122 Å². The largest absolute Gasteiger partial charge is 0.497 e. The van der Waals surface area contributed by atoms with Crippen molar-refractivity contribution >= 4 is 44.2 Å². The Bertz CT molecular complexity index is 2120. The van der Waals surface area contributed by atoms with Crippen molar-refractivity contribution in [2.75, 3.05) is 20.3 Å². The Labute approximate surface area is 335 Å². The summed E-state index contributed by atoms with van der Waals surface area (Å²) in [5.41, 5.74) is 7.13. The summed E-state index contributed by atoms with van der Waals surface area (Å²) >= 11 is 1.38. The predicted molar refractivity (Wildman–Crippen MR) is 227 cm³/mol. The topological polar surface area (TPSA) is 90.7 Å². The van der Waals surface area contributed by atoms with E-state index in [9.17, 15) is 14.7 Å². The van der Waals surface area contributed by atoms with Crippen LogP contribution in [0.25, 0.3) is 43.6 Å². The lowest BCUT2D eigenvalue weighted by atomic mass is 9.78. The molecule has 1 aliphatic heterocycles. The van der Waals surface area contributed by atoms with Crippen LogP contribution < -0.4 is 4.74 Å². The first-order chi connectivity index (χ1) is 27.4. The van der Waals surface area contributed by atoms with E-state index in [2.05, 4.69) is 34.9 Å².